The Kier molecular flexibility index (Phi) is 4.23. The van der Waals surface area contributed by atoms with Gasteiger partial charge in [-0.2, -0.15) is 0 Å². The maximum absolute atomic E-state index is 5.44. The summed E-state index contributed by atoms with van der Waals surface area (Å²) in [5.74, 6) is 1.68. The predicted molar refractivity (Wildman–Crippen MR) is 79.2 cm³/mol. The van der Waals surface area contributed by atoms with Crippen LogP contribution in [0, 0.1) is 5.41 Å². The van der Waals surface area contributed by atoms with Crippen molar-refractivity contribution >= 4 is 5.69 Å². The molecule has 1 aromatic rings. The van der Waals surface area contributed by atoms with Crippen LogP contribution in [-0.4, -0.2) is 20.3 Å². The molecule has 1 aromatic carbocycles. The fourth-order valence-electron chi connectivity index (χ4n) is 2.96. The topological polar surface area (TPSA) is 30.5 Å². The lowest BCUT2D eigenvalue weighted by Gasteiger charge is -2.36. The quantitative estimate of drug-likeness (QED) is 0.887. The third-order valence-corrected chi connectivity index (χ3v) is 3.97. The Bertz CT molecular complexity index is 429. The van der Waals surface area contributed by atoms with E-state index in [1.807, 2.05) is 18.2 Å². The van der Waals surface area contributed by atoms with E-state index in [1.54, 1.807) is 14.2 Å². The zero-order valence-electron chi connectivity index (χ0n) is 12.5. The minimum absolute atomic E-state index is 0.440. The van der Waals surface area contributed by atoms with E-state index in [0.717, 1.165) is 17.2 Å². The van der Waals surface area contributed by atoms with E-state index in [0.29, 0.717) is 11.5 Å². The largest absolute Gasteiger partial charge is 0.497 e. The highest BCUT2D eigenvalue weighted by molar-refractivity contribution is 5.59. The molecule has 0 amide bonds. The van der Waals surface area contributed by atoms with Gasteiger partial charge in [-0.25, -0.2) is 0 Å². The highest BCUT2D eigenvalue weighted by Gasteiger charge is 2.28. The fourth-order valence-corrected chi connectivity index (χ4v) is 2.96. The molecule has 19 heavy (non-hydrogen) atoms. The van der Waals surface area contributed by atoms with Crippen molar-refractivity contribution in [2.45, 2.75) is 45.6 Å². The summed E-state index contributed by atoms with van der Waals surface area (Å²) in [6, 6.07) is 6.47. The maximum atomic E-state index is 5.44. The highest BCUT2D eigenvalue weighted by Crippen LogP contribution is 2.38. The monoisotopic (exact) mass is 263 g/mol. The zero-order chi connectivity index (χ0) is 13.9. The van der Waals surface area contributed by atoms with Crippen LogP contribution in [0.5, 0.6) is 11.5 Å². The Morgan fingerprint density at radius 3 is 2.63 bits per heavy atom. The molecule has 1 unspecified atom stereocenters. The Balaban J connectivity index is 2.10. The number of methoxy groups -OCH3 is 2. The average Bonchev–Trinajstić information content (AvgIpc) is 2.38. The molecule has 0 spiro atoms. The molecule has 1 aliphatic rings. The zero-order valence-corrected chi connectivity index (χ0v) is 12.5. The van der Waals surface area contributed by atoms with Gasteiger partial charge in [-0.15, -0.1) is 0 Å². The normalized spacial score (nSPS) is 21.8. The predicted octanol–water partition coefficient (Wildman–Crippen LogP) is 4.08. The molecule has 0 saturated heterocycles. The number of hydrogen-bond acceptors (Lipinski definition) is 3. The fraction of sp³-hybridized carbons (Fsp3) is 0.625. The Morgan fingerprint density at radius 1 is 1.21 bits per heavy atom. The van der Waals surface area contributed by atoms with E-state index in [1.165, 1.54) is 25.7 Å². The molecule has 2 rings (SSSR count). The molecule has 106 valence electrons. The van der Waals surface area contributed by atoms with Crippen molar-refractivity contribution < 1.29 is 9.47 Å². The first-order valence-electron chi connectivity index (χ1n) is 7.03. The third-order valence-electron chi connectivity index (χ3n) is 3.97. The molecule has 0 bridgehead atoms. The molecular weight excluding hydrogens is 238 g/mol. The second kappa shape index (κ2) is 5.72. The van der Waals surface area contributed by atoms with Gasteiger partial charge in [0.05, 0.1) is 19.9 Å². The van der Waals surface area contributed by atoms with E-state index in [9.17, 15) is 0 Å². The second-order valence-corrected chi connectivity index (χ2v) is 6.17. The Labute approximate surface area is 116 Å². The van der Waals surface area contributed by atoms with Crippen molar-refractivity contribution in [1.29, 1.82) is 0 Å². The molecule has 3 nitrogen and oxygen atoms in total. The smallest absolute Gasteiger partial charge is 0.145 e. The van der Waals surface area contributed by atoms with Crippen molar-refractivity contribution in [2.24, 2.45) is 5.41 Å². The number of nitrogens with one attached hydrogen (secondary N) is 1. The van der Waals surface area contributed by atoms with Crippen LogP contribution in [0.2, 0.25) is 0 Å². The van der Waals surface area contributed by atoms with Gasteiger partial charge >= 0.3 is 0 Å². The number of benzene rings is 1. The number of rotatable bonds is 4. The summed E-state index contributed by atoms with van der Waals surface area (Å²) in [5, 5.41) is 3.63. The lowest BCUT2D eigenvalue weighted by Crippen LogP contribution is -2.31. The lowest BCUT2D eigenvalue weighted by molar-refractivity contribution is 0.229. The summed E-state index contributed by atoms with van der Waals surface area (Å²) in [7, 11) is 3.37. The summed E-state index contributed by atoms with van der Waals surface area (Å²) in [6.07, 6.45) is 5.06. The number of ether oxygens (including phenoxy) is 2. The van der Waals surface area contributed by atoms with Crippen LogP contribution in [0.1, 0.15) is 39.5 Å². The molecule has 1 N–H and O–H groups in total. The van der Waals surface area contributed by atoms with Crippen molar-refractivity contribution in [3.8, 4) is 11.5 Å². The van der Waals surface area contributed by atoms with Crippen molar-refractivity contribution in [3.05, 3.63) is 18.2 Å². The van der Waals surface area contributed by atoms with Gasteiger partial charge in [0, 0.05) is 12.1 Å². The molecule has 1 aliphatic carbocycles. The van der Waals surface area contributed by atoms with Gasteiger partial charge < -0.3 is 14.8 Å². The first-order chi connectivity index (χ1) is 9.04. The molecule has 0 radical (unpaired) electrons. The molecule has 1 atom stereocenters. The molecule has 0 aliphatic heterocycles. The minimum atomic E-state index is 0.440. The highest BCUT2D eigenvalue weighted by atomic mass is 16.5. The van der Waals surface area contributed by atoms with Crippen molar-refractivity contribution in [1.82, 2.24) is 0 Å². The summed E-state index contributed by atoms with van der Waals surface area (Å²) < 4.78 is 10.7. The van der Waals surface area contributed by atoms with Gasteiger partial charge in [-0.1, -0.05) is 20.3 Å². The van der Waals surface area contributed by atoms with Crippen LogP contribution < -0.4 is 14.8 Å². The van der Waals surface area contributed by atoms with Gasteiger partial charge in [0.2, 0.25) is 0 Å². The average molecular weight is 263 g/mol. The summed E-state index contributed by atoms with van der Waals surface area (Å²) in [6.45, 7) is 4.71. The summed E-state index contributed by atoms with van der Waals surface area (Å²) >= 11 is 0. The van der Waals surface area contributed by atoms with E-state index in [-0.39, 0.29) is 0 Å². The van der Waals surface area contributed by atoms with Gasteiger partial charge in [0.1, 0.15) is 11.5 Å². The first kappa shape index (κ1) is 14.0. The first-order valence-corrected chi connectivity index (χ1v) is 7.03. The summed E-state index contributed by atoms with van der Waals surface area (Å²) in [4.78, 5) is 0. The molecule has 1 fully saturated rings. The van der Waals surface area contributed by atoms with E-state index >= 15 is 0 Å². The molecule has 3 heteroatoms. The van der Waals surface area contributed by atoms with Crippen molar-refractivity contribution in [3.63, 3.8) is 0 Å². The van der Waals surface area contributed by atoms with Gasteiger partial charge in [0.15, 0.2) is 0 Å². The van der Waals surface area contributed by atoms with Gasteiger partial charge in [-0.05, 0) is 36.8 Å². The van der Waals surface area contributed by atoms with Crippen LogP contribution in [-0.2, 0) is 0 Å². The molecule has 1 saturated carbocycles. The van der Waals surface area contributed by atoms with Gasteiger partial charge in [-0.3, -0.25) is 0 Å². The van der Waals surface area contributed by atoms with Crippen LogP contribution in [0.4, 0.5) is 5.69 Å². The van der Waals surface area contributed by atoms with Gasteiger partial charge in [0.25, 0.3) is 0 Å². The van der Waals surface area contributed by atoms with Crippen LogP contribution in [0.3, 0.4) is 0 Å². The Hall–Kier alpha value is -1.38. The SMILES string of the molecule is COc1ccc(NC2CCCC(C)(C)C2)c(OC)c1. The molecular formula is C16H25NO2. The van der Waals surface area contributed by atoms with Crippen LogP contribution in [0.25, 0.3) is 0 Å². The Morgan fingerprint density at radius 2 is 2.00 bits per heavy atom. The van der Waals surface area contributed by atoms with E-state index < -0.39 is 0 Å². The molecule has 0 heterocycles. The second-order valence-electron chi connectivity index (χ2n) is 6.17. The standard InChI is InChI=1S/C16H25NO2/c1-16(2)9-5-6-12(11-16)17-14-8-7-13(18-3)10-15(14)19-4/h7-8,10,12,17H,5-6,9,11H2,1-4H3. The van der Waals surface area contributed by atoms with Crippen molar-refractivity contribution in [2.75, 3.05) is 19.5 Å². The van der Waals surface area contributed by atoms with E-state index in [2.05, 4.69) is 19.2 Å². The molecule has 0 aromatic heterocycles. The summed E-state index contributed by atoms with van der Waals surface area (Å²) in [5.41, 5.74) is 1.50. The minimum Gasteiger partial charge on any atom is -0.497 e. The van der Waals surface area contributed by atoms with E-state index in [4.69, 9.17) is 9.47 Å². The maximum Gasteiger partial charge on any atom is 0.145 e. The number of hydrogen-bond donors (Lipinski definition) is 1. The number of anilines is 1. The van der Waals surface area contributed by atoms with Crippen LogP contribution in [0.15, 0.2) is 18.2 Å². The third kappa shape index (κ3) is 3.55. The lowest BCUT2D eigenvalue weighted by atomic mass is 9.75. The van der Waals surface area contributed by atoms with Crippen LogP contribution >= 0.6 is 0 Å².